The van der Waals surface area contributed by atoms with Gasteiger partial charge in [-0.15, -0.1) is 0 Å². The normalized spacial score (nSPS) is 15.0. The Labute approximate surface area is 192 Å². The first-order valence-electron chi connectivity index (χ1n) is 11.2. The maximum absolute atomic E-state index is 12.8. The highest BCUT2D eigenvalue weighted by Crippen LogP contribution is 2.39. The van der Waals surface area contributed by atoms with Crippen LogP contribution in [0.4, 0.5) is 23.1 Å². The van der Waals surface area contributed by atoms with Gasteiger partial charge in [0.1, 0.15) is 5.82 Å². The van der Waals surface area contributed by atoms with Gasteiger partial charge in [-0.3, -0.25) is 9.59 Å². The zero-order valence-corrected chi connectivity index (χ0v) is 18.2. The minimum atomic E-state index is -0.599. The summed E-state index contributed by atoms with van der Waals surface area (Å²) in [4.78, 5) is 35.4. The average molecular weight is 443 g/mol. The van der Waals surface area contributed by atoms with Gasteiger partial charge in [0.25, 0.3) is 5.91 Å². The Kier molecular flexibility index (Phi) is 5.64. The second-order valence-corrected chi connectivity index (χ2v) is 8.55. The highest BCUT2D eigenvalue weighted by molar-refractivity contribution is 5.98. The van der Waals surface area contributed by atoms with Crippen molar-refractivity contribution in [3.63, 3.8) is 0 Å². The van der Waals surface area contributed by atoms with Crippen LogP contribution in [0.1, 0.15) is 41.6 Å². The molecule has 3 aromatic rings. The summed E-state index contributed by atoms with van der Waals surface area (Å²) < 4.78 is 0. The smallest absolute Gasteiger partial charge is 0.254 e. The number of aromatic nitrogens is 2. The standard InChI is InChI=1S/C25H26N6O2/c26-22(32)21-15-28-25(30-23(21)27-14-16-5-2-1-3-6-16)29-18-7-4-8-20(13-18)31(19-11-12-19)24(33)17-9-10-17/h1-8,13,15,17,19H,9-12,14H2,(H2,26,32)(H2,27,28,29,30). The molecule has 0 unspecified atom stereocenters. The molecule has 2 aromatic carbocycles. The first-order chi connectivity index (χ1) is 16.1. The number of nitrogens with two attached hydrogens (primary N) is 1. The molecule has 5 rings (SSSR count). The number of nitrogens with one attached hydrogen (secondary N) is 2. The second-order valence-electron chi connectivity index (χ2n) is 8.55. The summed E-state index contributed by atoms with van der Waals surface area (Å²) in [5.41, 5.74) is 8.44. The van der Waals surface area contributed by atoms with Gasteiger partial charge in [-0.1, -0.05) is 36.4 Å². The molecule has 2 aliphatic rings. The van der Waals surface area contributed by atoms with E-state index < -0.39 is 5.91 Å². The van der Waals surface area contributed by atoms with Crippen LogP contribution in [-0.2, 0) is 11.3 Å². The fourth-order valence-corrected chi connectivity index (χ4v) is 3.78. The number of hydrogen-bond donors (Lipinski definition) is 3. The SMILES string of the molecule is NC(=O)c1cnc(Nc2cccc(N(C(=O)C3CC3)C3CC3)c2)nc1NCc1ccccc1. The van der Waals surface area contributed by atoms with Crippen LogP contribution >= 0.6 is 0 Å². The lowest BCUT2D eigenvalue weighted by Gasteiger charge is -2.23. The van der Waals surface area contributed by atoms with Crippen molar-refractivity contribution in [2.75, 3.05) is 15.5 Å². The Morgan fingerprint density at radius 2 is 1.82 bits per heavy atom. The van der Waals surface area contributed by atoms with E-state index in [9.17, 15) is 9.59 Å². The fraction of sp³-hybridized carbons (Fsp3) is 0.280. The molecule has 2 saturated carbocycles. The van der Waals surface area contributed by atoms with E-state index in [1.54, 1.807) is 0 Å². The fourth-order valence-electron chi connectivity index (χ4n) is 3.78. The molecule has 2 amide bonds. The molecule has 0 atom stereocenters. The Morgan fingerprint density at radius 3 is 2.52 bits per heavy atom. The molecule has 0 radical (unpaired) electrons. The van der Waals surface area contributed by atoms with Gasteiger partial charge >= 0.3 is 0 Å². The van der Waals surface area contributed by atoms with Gasteiger partial charge in [0.05, 0.1) is 5.56 Å². The molecule has 0 spiro atoms. The Morgan fingerprint density at radius 1 is 1.03 bits per heavy atom. The van der Waals surface area contributed by atoms with Crippen LogP contribution in [0, 0.1) is 5.92 Å². The van der Waals surface area contributed by atoms with Crippen molar-refractivity contribution in [3.8, 4) is 0 Å². The van der Waals surface area contributed by atoms with Crippen molar-refractivity contribution in [1.29, 1.82) is 0 Å². The van der Waals surface area contributed by atoms with Gasteiger partial charge < -0.3 is 21.3 Å². The summed E-state index contributed by atoms with van der Waals surface area (Å²) >= 11 is 0. The summed E-state index contributed by atoms with van der Waals surface area (Å²) in [6.45, 7) is 0.493. The zero-order chi connectivity index (χ0) is 22.8. The number of carbonyl (C=O) groups excluding carboxylic acids is 2. The second kappa shape index (κ2) is 8.90. The van der Waals surface area contributed by atoms with Crippen molar-refractivity contribution in [2.24, 2.45) is 11.7 Å². The third kappa shape index (κ3) is 4.95. The third-order valence-electron chi connectivity index (χ3n) is 5.81. The van der Waals surface area contributed by atoms with E-state index in [1.165, 1.54) is 6.20 Å². The van der Waals surface area contributed by atoms with Crippen molar-refractivity contribution >= 4 is 35.0 Å². The van der Waals surface area contributed by atoms with Crippen molar-refractivity contribution < 1.29 is 9.59 Å². The molecule has 0 aliphatic heterocycles. The van der Waals surface area contributed by atoms with E-state index in [1.807, 2.05) is 59.5 Å². The Hall–Kier alpha value is -3.94. The predicted octanol–water partition coefficient (Wildman–Crippen LogP) is 3.84. The lowest BCUT2D eigenvalue weighted by atomic mass is 10.2. The van der Waals surface area contributed by atoms with Gasteiger partial charge in [0.15, 0.2) is 0 Å². The van der Waals surface area contributed by atoms with E-state index in [-0.39, 0.29) is 17.4 Å². The minimum Gasteiger partial charge on any atom is -0.365 e. The van der Waals surface area contributed by atoms with E-state index >= 15 is 0 Å². The highest BCUT2D eigenvalue weighted by Gasteiger charge is 2.40. The molecule has 1 heterocycles. The molecule has 168 valence electrons. The van der Waals surface area contributed by atoms with Gasteiger partial charge in [-0.05, 0) is 49.4 Å². The van der Waals surface area contributed by atoms with Gasteiger partial charge in [0.2, 0.25) is 11.9 Å². The van der Waals surface area contributed by atoms with Crippen LogP contribution in [-0.4, -0.2) is 27.8 Å². The molecule has 0 saturated heterocycles. The Bertz CT molecular complexity index is 1170. The predicted molar refractivity (Wildman–Crippen MR) is 127 cm³/mol. The summed E-state index contributed by atoms with van der Waals surface area (Å²) in [6.07, 6.45) is 5.48. The maximum atomic E-state index is 12.8. The summed E-state index contributed by atoms with van der Waals surface area (Å²) in [5.74, 6) is 0.495. The number of benzene rings is 2. The molecular weight excluding hydrogens is 416 g/mol. The quantitative estimate of drug-likeness (QED) is 0.464. The van der Waals surface area contributed by atoms with Crippen molar-refractivity contribution in [1.82, 2.24) is 9.97 Å². The number of anilines is 4. The zero-order valence-electron chi connectivity index (χ0n) is 18.2. The lowest BCUT2D eigenvalue weighted by Crippen LogP contribution is -2.34. The van der Waals surface area contributed by atoms with Crippen LogP contribution < -0.4 is 21.3 Å². The molecular formula is C25H26N6O2. The number of primary amides is 1. The summed E-state index contributed by atoms with van der Waals surface area (Å²) in [5, 5.41) is 6.37. The number of hydrogen-bond acceptors (Lipinski definition) is 6. The molecule has 0 bridgehead atoms. The largest absolute Gasteiger partial charge is 0.365 e. The van der Waals surface area contributed by atoms with Crippen LogP contribution in [0.25, 0.3) is 0 Å². The van der Waals surface area contributed by atoms with Gasteiger partial charge in [-0.25, -0.2) is 4.98 Å². The third-order valence-corrected chi connectivity index (χ3v) is 5.81. The summed E-state index contributed by atoms with van der Waals surface area (Å²) in [6, 6.07) is 17.8. The number of nitrogens with zero attached hydrogens (tertiary/aromatic N) is 3. The molecule has 2 fully saturated rings. The van der Waals surface area contributed by atoms with E-state index in [2.05, 4.69) is 20.6 Å². The first-order valence-corrected chi connectivity index (χ1v) is 11.2. The monoisotopic (exact) mass is 442 g/mol. The first kappa shape index (κ1) is 20.9. The highest BCUT2D eigenvalue weighted by atomic mass is 16.2. The molecule has 8 heteroatoms. The molecule has 33 heavy (non-hydrogen) atoms. The van der Waals surface area contributed by atoms with Gasteiger partial charge in [-0.2, -0.15) is 4.98 Å². The molecule has 8 nitrogen and oxygen atoms in total. The van der Waals surface area contributed by atoms with E-state index in [0.29, 0.717) is 24.4 Å². The van der Waals surface area contributed by atoms with E-state index in [4.69, 9.17) is 5.73 Å². The lowest BCUT2D eigenvalue weighted by molar-refractivity contribution is -0.119. The van der Waals surface area contributed by atoms with Crippen molar-refractivity contribution in [3.05, 3.63) is 71.9 Å². The van der Waals surface area contributed by atoms with Crippen LogP contribution in [0.5, 0.6) is 0 Å². The van der Waals surface area contributed by atoms with Crippen LogP contribution in [0.15, 0.2) is 60.8 Å². The topological polar surface area (TPSA) is 113 Å². The number of rotatable bonds is 9. The average Bonchev–Trinajstić information content (AvgIpc) is 3.73. The van der Waals surface area contributed by atoms with Crippen molar-refractivity contribution in [2.45, 2.75) is 38.3 Å². The van der Waals surface area contributed by atoms with Crippen LogP contribution in [0.3, 0.4) is 0 Å². The van der Waals surface area contributed by atoms with E-state index in [0.717, 1.165) is 42.6 Å². The number of amides is 2. The van der Waals surface area contributed by atoms with Gasteiger partial charge in [0, 0.05) is 36.1 Å². The van der Waals surface area contributed by atoms with Crippen LogP contribution in [0.2, 0.25) is 0 Å². The summed E-state index contributed by atoms with van der Waals surface area (Å²) in [7, 11) is 0. The minimum absolute atomic E-state index is 0.171. The molecule has 2 aliphatic carbocycles. The Balaban J connectivity index is 1.36. The molecule has 4 N–H and O–H groups in total. The number of carbonyl (C=O) groups is 2. The molecule has 1 aromatic heterocycles. The maximum Gasteiger partial charge on any atom is 0.254 e.